The molecule has 6 aromatic carbocycles. The van der Waals surface area contributed by atoms with Gasteiger partial charge >= 0.3 is 0 Å². The molecule has 0 N–H and O–H groups in total. The molecular weight excluding hydrogens is 506 g/mol. The lowest BCUT2D eigenvalue weighted by molar-refractivity contribution is 0.714. The standard InChI is InChI=1S/C41H29N/c1-41(32-14-6-3-7-15-32)37-18-9-8-16-36(37)40-38(41)24-23-35(28-11-4-2-5-12-28)39(40)30-21-19-29(20-22-30)33-17-10-13-31-27-42-26-25-34(31)33/h2-27H,1H3. The van der Waals surface area contributed by atoms with Crippen molar-refractivity contribution < 1.29 is 0 Å². The van der Waals surface area contributed by atoms with E-state index in [1.807, 2.05) is 12.4 Å². The first kappa shape index (κ1) is 24.5. The Morgan fingerprint density at radius 3 is 1.93 bits per heavy atom. The van der Waals surface area contributed by atoms with Crippen LogP contribution in [0.3, 0.4) is 0 Å². The molecule has 0 aliphatic heterocycles. The second-order valence-electron chi connectivity index (χ2n) is 11.3. The number of nitrogens with zero attached hydrogens (tertiary/aromatic N) is 1. The molecule has 1 unspecified atom stereocenters. The first-order valence-corrected chi connectivity index (χ1v) is 14.6. The van der Waals surface area contributed by atoms with Crippen molar-refractivity contribution in [2.24, 2.45) is 0 Å². The van der Waals surface area contributed by atoms with Gasteiger partial charge in [-0.2, -0.15) is 0 Å². The first-order chi connectivity index (χ1) is 20.7. The predicted octanol–water partition coefficient (Wildman–Crippen LogP) is 10.6. The second kappa shape index (κ2) is 9.68. The Bertz CT molecular complexity index is 2070. The zero-order valence-electron chi connectivity index (χ0n) is 23.5. The summed E-state index contributed by atoms with van der Waals surface area (Å²) in [4.78, 5) is 4.33. The zero-order valence-corrected chi connectivity index (χ0v) is 23.5. The van der Waals surface area contributed by atoms with Crippen LogP contribution in [0.2, 0.25) is 0 Å². The van der Waals surface area contributed by atoms with Crippen LogP contribution in [0.5, 0.6) is 0 Å². The summed E-state index contributed by atoms with van der Waals surface area (Å²) in [6, 6.07) is 53.1. The lowest BCUT2D eigenvalue weighted by Crippen LogP contribution is -2.22. The smallest absolute Gasteiger partial charge is 0.0435 e. The van der Waals surface area contributed by atoms with Crippen LogP contribution < -0.4 is 0 Å². The van der Waals surface area contributed by atoms with Crippen molar-refractivity contribution in [2.75, 3.05) is 0 Å². The molecule has 1 aliphatic carbocycles. The normalized spacial score (nSPS) is 15.4. The molecule has 1 nitrogen and oxygen atoms in total. The Morgan fingerprint density at radius 1 is 0.452 bits per heavy atom. The van der Waals surface area contributed by atoms with Gasteiger partial charge in [-0.15, -0.1) is 0 Å². The molecule has 1 aromatic heterocycles. The average molecular weight is 536 g/mol. The van der Waals surface area contributed by atoms with Gasteiger partial charge in [-0.3, -0.25) is 4.98 Å². The highest BCUT2D eigenvalue weighted by Gasteiger charge is 2.42. The van der Waals surface area contributed by atoms with Crippen LogP contribution in [0, 0.1) is 0 Å². The minimum atomic E-state index is -0.242. The largest absolute Gasteiger partial charge is 0.264 e. The minimum absolute atomic E-state index is 0.242. The Kier molecular flexibility index (Phi) is 5.65. The van der Waals surface area contributed by atoms with E-state index in [0.29, 0.717) is 0 Å². The molecule has 0 fully saturated rings. The van der Waals surface area contributed by atoms with Gasteiger partial charge in [-0.05, 0) is 79.6 Å². The van der Waals surface area contributed by atoms with E-state index in [1.165, 1.54) is 66.6 Å². The third kappa shape index (κ3) is 3.67. The van der Waals surface area contributed by atoms with Crippen LogP contribution in [0.1, 0.15) is 23.6 Å². The van der Waals surface area contributed by atoms with Gasteiger partial charge in [0.1, 0.15) is 0 Å². The summed E-state index contributed by atoms with van der Waals surface area (Å²) < 4.78 is 0. The quantitative estimate of drug-likeness (QED) is 0.218. The summed E-state index contributed by atoms with van der Waals surface area (Å²) in [7, 11) is 0. The van der Waals surface area contributed by atoms with Crippen LogP contribution in [0.15, 0.2) is 158 Å². The number of hydrogen-bond acceptors (Lipinski definition) is 1. The van der Waals surface area contributed by atoms with E-state index in [0.717, 1.165) is 5.39 Å². The molecule has 1 aliphatic rings. The molecule has 1 atom stereocenters. The first-order valence-electron chi connectivity index (χ1n) is 14.6. The third-order valence-electron chi connectivity index (χ3n) is 9.08. The number of rotatable bonds is 4. The summed E-state index contributed by atoms with van der Waals surface area (Å²) in [5.74, 6) is 0. The van der Waals surface area contributed by atoms with Crippen LogP contribution in [-0.4, -0.2) is 4.98 Å². The lowest BCUT2D eigenvalue weighted by atomic mass is 9.73. The summed E-state index contributed by atoms with van der Waals surface area (Å²) in [6.45, 7) is 2.39. The van der Waals surface area contributed by atoms with E-state index in [2.05, 4.69) is 158 Å². The Balaban J connectivity index is 1.39. The summed E-state index contributed by atoms with van der Waals surface area (Å²) >= 11 is 0. The molecule has 0 amide bonds. The highest BCUT2D eigenvalue weighted by molar-refractivity contribution is 6.01. The van der Waals surface area contributed by atoms with Gasteiger partial charge in [0.2, 0.25) is 0 Å². The van der Waals surface area contributed by atoms with E-state index in [-0.39, 0.29) is 5.41 Å². The van der Waals surface area contributed by atoms with E-state index >= 15 is 0 Å². The average Bonchev–Trinajstić information content (AvgIpc) is 3.34. The number of fused-ring (bicyclic) bond motifs is 4. The van der Waals surface area contributed by atoms with E-state index in [4.69, 9.17) is 0 Å². The van der Waals surface area contributed by atoms with Gasteiger partial charge in [0.05, 0.1) is 0 Å². The van der Waals surface area contributed by atoms with E-state index in [9.17, 15) is 0 Å². The van der Waals surface area contributed by atoms with Gasteiger partial charge < -0.3 is 0 Å². The van der Waals surface area contributed by atoms with E-state index in [1.54, 1.807) is 0 Å². The molecule has 198 valence electrons. The molecule has 0 radical (unpaired) electrons. The summed E-state index contributed by atoms with van der Waals surface area (Å²) in [5.41, 5.74) is 13.9. The highest BCUT2D eigenvalue weighted by Crippen LogP contribution is 2.56. The number of benzene rings is 6. The van der Waals surface area contributed by atoms with Crippen molar-refractivity contribution in [1.82, 2.24) is 4.98 Å². The molecule has 0 bridgehead atoms. The van der Waals surface area contributed by atoms with Crippen LogP contribution in [-0.2, 0) is 5.41 Å². The number of hydrogen-bond donors (Lipinski definition) is 0. The molecule has 7 aromatic rings. The van der Waals surface area contributed by atoms with Gasteiger partial charge in [0.15, 0.2) is 0 Å². The molecule has 42 heavy (non-hydrogen) atoms. The highest BCUT2D eigenvalue weighted by atomic mass is 14.6. The molecule has 0 saturated carbocycles. The Hall–Kier alpha value is -5.27. The SMILES string of the molecule is CC1(c2ccccc2)c2ccccc2-c2c1ccc(-c1ccccc1)c2-c1ccc(-c2cccc3cnccc23)cc1. The van der Waals surface area contributed by atoms with Crippen molar-refractivity contribution >= 4 is 10.8 Å². The van der Waals surface area contributed by atoms with E-state index < -0.39 is 0 Å². The predicted molar refractivity (Wildman–Crippen MR) is 175 cm³/mol. The Morgan fingerprint density at radius 2 is 1.12 bits per heavy atom. The van der Waals surface area contributed by atoms with Crippen molar-refractivity contribution in [3.05, 3.63) is 175 Å². The van der Waals surface area contributed by atoms with Crippen LogP contribution in [0.4, 0.5) is 0 Å². The monoisotopic (exact) mass is 535 g/mol. The maximum atomic E-state index is 4.33. The van der Waals surface area contributed by atoms with Gasteiger partial charge in [-0.25, -0.2) is 0 Å². The molecule has 1 heterocycles. The van der Waals surface area contributed by atoms with Crippen molar-refractivity contribution in [2.45, 2.75) is 12.3 Å². The molecule has 0 spiro atoms. The number of pyridine rings is 1. The summed E-state index contributed by atoms with van der Waals surface area (Å²) in [6.07, 6.45) is 3.81. The van der Waals surface area contributed by atoms with Gasteiger partial charge in [0.25, 0.3) is 0 Å². The Labute approximate surface area is 246 Å². The van der Waals surface area contributed by atoms with Crippen LogP contribution >= 0.6 is 0 Å². The fraction of sp³-hybridized carbons (Fsp3) is 0.0488. The fourth-order valence-corrected chi connectivity index (χ4v) is 7.01. The summed E-state index contributed by atoms with van der Waals surface area (Å²) in [5, 5.41) is 2.38. The molecule has 1 heteroatoms. The van der Waals surface area contributed by atoms with Crippen molar-refractivity contribution in [1.29, 1.82) is 0 Å². The third-order valence-corrected chi connectivity index (χ3v) is 9.08. The second-order valence-corrected chi connectivity index (χ2v) is 11.3. The van der Waals surface area contributed by atoms with Crippen molar-refractivity contribution in [3.8, 4) is 44.5 Å². The van der Waals surface area contributed by atoms with Gasteiger partial charge in [0, 0.05) is 23.2 Å². The van der Waals surface area contributed by atoms with Crippen molar-refractivity contribution in [3.63, 3.8) is 0 Å². The maximum Gasteiger partial charge on any atom is 0.0435 e. The molecular formula is C41H29N. The van der Waals surface area contributed by atoms with Crippen LogP contribution in [0.25, 0.3) is 55.3 Å². The fourth-order valence-electron chi connectivity index (χ4n) is 7.01. The minimum Gasteiger partial charge on any atom is -0.264 e. The number of aromatic nitrogens is 1. The molecule has 8 rings (SSSR count). The van der Waals surface area contributed by atoms with Gasteiger partial charge in [-0.1, -0.05) is 140 Å². The maximum absolute atomic E-state index is 4.33. The lowest BCUT2D eigenvalue weighted by Gasteiger charge is -2.29. The topological polar surface area (TPSA) is 12.9 Å². The zero-order chi connectivity index (χ0) is 28.1. The molecule has 0 saturated heterocycles.